The number of carbonyl (C=O) groups is 1. The molecule has 8 heteroatoms. The molecule has 2 rings (SSSR count). The second-order valence-corrected chi connectivity index (χ2v) is 8.60. The van der Waals surface area contributed by atoms with Crippen LogP contribution in [-0.2, 0) is 16.1 Å². The molecule has 1 aromatic heterocycles. The molecule has 0 aliphatic heterocycles. The van der Waals surface area contributed by atoms with E-state index in [-0.39, 0.29) is 25.6 Å². The number of rotatable bonds is 12. The molecule has 0 aliphatic carbocycles. The molecular weight excluding hydrogens is 441 g/mol. The smallest absolute Gasteiger partial charge is 0.305 e. The number of carboxylic acid groups (broad SMARTS) is 1. The Morgan fingerprint density at radius 3 is 2.44 bits per heavy atom. The zero-order chi connectivity index (χ0) is 27.9. The number of hydrogen-bond acceptors (Lipinski definition) is 6. The van der Waals surface area contributed by atoms with Gasteiger partial charge in [-0.3, -0.25) is 9.78 Å². The minimum atomic E-state index is -2.71. The fourth-order valence-corrected chi connectivity index (χ4v) is 3.79. The van der Waals surface area contributed by atoms with Crippen LogP contribution in [0.1, 0.15) is 72.1 Å². The molecule has 0 radical (unpaired) electrons. The first-order chi connectivity index (χ1) is 17.2. The maximum Gasteiger partial charge on any atom is 0.305 e. The highest BCUT2D eigenvalue weighted by Crippen LogP contribution is 2.38. The van der Waals surface area contributed by atoms with E-state index in [1.807, 2.05) is 13.8 Å². The van der Waals surface area contributed by atoms with Gasteiger partial charge in [0.1, 0.15) is 5.82 Å². The Kier molecular flexibility index (Phi) is 8.64. The Balaban J connectivity index is 2.78. The lowest BCUT2D eigenvalue weighted by Crippen LogP contribution is -2.19. The second-order valence-electron chi connectivity index (χ2n) is 8.60. The molecule has 0 unspecified atom stereocenters. The van der Waals surface area contributed by atoms with Crippen molar-refractivity contribution in [3.05, 3.63) is 58.7 Å². The molecule has 1 aromatic carbocycles. The maximum absolute atomic E-state index is 13.8. The van der Waals surface area contributed by atoms with Crippen molar-refractivity contribution in [1.29, 1.82) is 0 Å². The minimum Gasteiger partial charge on any atom is -0.481 e. The molecular formula is C26H34FNO6. The summed E-state index contributed by atoms with van der Waals surface area (Å²) in [6.07, 6.45) is -0.209. The van der Waals surface area contributed by atoms with Gasteiger partial charge in [0.15, 0.2) is 0 Å². The van der Waals surface area contributed by atoms with Crippen LogP contribution in [0.25, 0.3) is 17.2 Å². The van der Waals surface area contributed by atoms with E-state index < -0.39 is 43.4 Å². The van der Waals surface area contributed by atoms with Crippen molar-refractivity contribution < 1.29 is 38.5 Å². The number of aliphatic hydroxyl groups is 3. The van der Waals surface area contributed by atoms with Crippen molar-refractivity contribution in [2.75, 3.05) is 13.6 Å². The summed E-state index contributed by atoms with van der Waals surface area (Å²) in [5.74, 6) is -2.27. The summed E-state index contributed by atoms with van der Waals surface area (Å²) in [5, 5.41) is 39.1. The lowest BCUT2D eigenvalue weighted by atomic mass is 9.86. The molecule has 186 valence electrons. The number of aromatic nitrogens is 1. The van der Waals surface area contributed by atoms with Crippen molar-refractivity contribution >= 4 is 12.0 Å². The van der Waals surface area contributed by atoms with Crippen LogP contribution in [0.4, 0.5) is 4.39 Å². The summed E-state index contributed by atoms with van der Waals surface area (Å²) >= 11 is 0. The van der Waals surface area contributed by atoms with Gasteiger partial charge in [-0.05, 0) is 29.2 Å². The van der Waals surface area contributed by atoms with Gasteiger partial charge in [0.2, 0.25) is 0 Å². The quantitative estimate of drug-likeness (QED) is 0.366. The summed E-state index contributed by atoms with van der Waals surface area (Å²) in [6, 6.07) is 5.59. The van der Waals surface area contributed by atoms with E-state index in [0.29, 0.717) is 33.6 Å². The summed E-state index contributed by atoms with van der Waals surface area (Å²) < 4.78 is 41.4. The highest BCUT2D eigenvalue weighted by atomic mass is 19.1. The van der Waals surface area contributed by atoms with Gasteiger partial charge in [0.05, 0.1) is 47.3 Å². The van der Waals surface area contributed by atoms with Crippen molar-refractivity contribution in [3.63, 3.8) is 0 Å². The van der Waals surface area contributed by atoms with Crippen LogP contribution in [-0.4, -0.2) is 57.2 Å². The molecule has 0 saturated heterocycles. The normalized spacial score (nSPS) is 16.2. The highest BCUT2D eigenvalue weighted by molar-refractivity contribution is 5.80. The fraction of sp³-hybridized carbons (Fsp3) is 0.462. The molecule has 0 saturated carbocycles. The molecule has 0 amide bonds. The van der Waals surface area contributed by atoms with Gasteiger partial charge >= 0.3 is 5.97 Å². The van der Waals surface area contributed by atoms with E-state index >= 15 is 0 Å². The Morgan fingerprint density at radius 1 is 1.21 bits per heavy atom. The predicted octanol–water partition coefficient (Wildman–Crippen LogP) is 3.85. The first kappa shape index (κ1) is 23.1. The first-order valence-electron chi connectivity index (χ1n) is 12.6. The summed E-state index contributed by atoms with van der Waals surface area (Å²) in [4.78, 5) is 15.6. The van der Waals surface area contributed by atoms with E-state index in [0.717, 1.165) is 0 Å². The van der Waals surface area contributed by atoms with Crippen LogP contribution in [0, 0.1) is 5.82 Å². The molecule has 0 spiro atoms. The average Bonchev–Trinajstić information content (AvgIpc) is 2.79. The van der Waals surface area contributed by atoms with Gasteiger partial charge in [-0.25, -0.2) is 4.39 Å². The van der Waals surface area contributed by atoms with E-state index in [1.165, 1.54) is 30.3 Å². The highest BCUT2D eigenvalue weighted by Gasteiger charge is 2.24. The van der Waals surface area contributed by atoms with Gasteiger partial charge in [0, 0.05) is 30.5 Å². The topological polar surface area (TPSA) is 120 Å². The number of benzene rings is 1. The van der Waals surface area contributed by atoms with E-state index in [2.05, 4.69) is 0 Å². The van der Waals surface area contributed by atoms with Crippen molar-refractivity contribution in [2.24, 2.45) is 0 Å². The van der Waals surface area contributed by atoms with Gasteiger partial charge in [0.25, 0.3) is 0 Å². The minimum absolute atomic E-state index is 0.143. The Labute approximate surface area is 203 Å². The molecule has 34 heavy (non-hydrogen) atoms. The van der Waals surface area contributed by atoms with E-state index in [4.69, 9.17) is 18.9 Å². The Bertz CT molecular complexity index is 1090. The molecule has 2 aromatic rings. The molecule has 4 N–H and O–H groups in total. The lowest BCUT2D eigenvalue weighted by molar-refractivity contribution is -0.139. The SMILES string of the molecule is [2H]C([2H])([2H])OCc1c([C@H](C)CO)nc(C(C)C)c(C=C[C@@H](O)C[C@@H](O)CC(=O)O)c1-c1ccc(F)cc1. The number of aliphatic carboxylic acids is 1. The summed E-state index contributed by atoms with van der Waals surface area (Å²) in [6.45, 7) is 4.90. The summed E-state index contributed by atoms with van der Waals surface area (Å²) in [5.41, 5.74) is 2.99. The number of ether oxygens (including phenoxy) is 1. The average molecular weight is 479 g/mol. The fourth-order valence-electron chi connectivity index (χ4n) is 3.79. The third-order valence-electron chi connectivity index (χ3n) is 5.44. The van der Waals surface area contributed by atoms with Gasteiger partial charge < -0.3 is 25.2 Å². The van der Waals surface area contributed by atoms with Crippen LogP contribution < -0.4 is 0 Å². The van der Waals surface area contributed by atoms with Crippen molar-refractivity contribution in [1.82, 2.24) is 4.98 Å². The van der Waals surface area contributed by atoms with Gasteiger partial charge in [-0.2, -0.15) is 0 Å². The molecule has 0 bridgehead atoms. The molecule has 0 fully saturated rings. The molecule has 3 atom stereocenters. The first-order valence-corrected chi connectivity index (χ1v) is 11.1. The third-order valence-corrected chi connectivity index (χ3v) is 5.44. The van der Waals surface area contributed by atoms with Crippen LogP contribution in [0.3, 0.4) is 0 Å². The van der Waals surface area contributed by atoms with E-state index in [1.54, 1.807) is 13.0 Å². The van der Waals surface area contributed by atoms with Gasteiger partial charge in [-0.1, -0.05) is 45.1 Å². The predicted molar refractivity (Wildman–Crippen MR) is 128 cm³/mol. The number of methoxy groups -OCH3 is 1. The van der Waals surface area contributed by atoms with Crippen LogP contribution in [0.5, 0.6) is 0 Å². The lowest BCUT2D eigenvalue weighted by Gasteiger charge is -2.24. The number of nitrogens with zero attached hydrogens (tertiary/aromatic N) is 1. The zero-order valence-electron chi connectivity index (χ0n) is 22.5. The third kappa shape index (κ3) is 7.17. The summed E-state index contributed by atoms with van der Waals surface area (Å²) in [7, 11) is -2.71. The molecule has 1 heterocycles. The Hall–Kier alpha value is -2.65. The van der Waals surface area contributed by atoms with E-state index in [9.17, 15) is 24.5 Å². The Morgan fingerprint density at radius 2 is 1.88 bits per heavy atom. The number of aliphatic hydroxyl groups excluding tert-OH is 3. The second kappa shape index (κ2) is 12.7. The van der Waals surface area contributed by atoms with Crippen molar-refractivity contribution in [2.45, 2.75) is 64.3 Å². The van der Waals surface area contributed by atoms with Crippen LogP contribution >= 0.6 is 0 Å². The van der Waals surface area contributed by atoms with Crippen LogP contribution in [0.15, 0.2) is 30.3 Å². The standard InChI is InChI=1S/C26H34FNO6/c1-15(2)25-21(10-9-19(30)11-20(31)12-23(32)33)24(17-5-7-18(27)8-6-17)22(14-34-4)26(28-25)16(3)13-29/h5-10,15-16,19-20,29-31H,11-14H2,1-4H3,(H,32,33)/t16-,19-,20-/m1/s1/i4D3. The monoisotopic (exact) mass is 478 g/mol. The molecule has 7 nitrogen and oxygen atoms in total. The maximum atomic E-state index is 13.8. The van der Waals surface area contributed by atoms with Crippen molar-refractivity contribution in [3.8, 4) is 11.1 Å². The van der Waals surface area contributed by atoms with Gasteiger partial charge in [-0.15, -0.1) is 0 Å². The largest absolute Gasteiger partial charge is 0.481 e. The number of hydrogen-bond donors (Lipinski definition) is 4. The zero-order valence-corrected chi connectivity index (χ0v) is 19.5. The van der Waals surface area contributed by atoms with Crippen LogP contribution in [0.2, 0.25) is 0 Å². The number of pyridine rings is 1. The molecule has 0 aliphatic rings. The number of halogens is 1. The number of carboxylic acids is 1.